The second-order valence-electron chi connectivity index (χ2n) is 8.38. The Kier molecular flexibility index (Phi) is 7.39. The number of hydrogen-bond donors (Lipinski definition) is 1. The molecule has 0 aromatic heterocycles. The molecule has 2 aromatic rings. The molecule has 32 heavy (non-hydrogen) atoms. The zero-order valence-corrected chi connectivity index (χ0v) is 18.6. The highest BCUT2D eigenvalue weighted by atomic mass is 16.5. The van der Waals surface area contributed by atoms with Gasteiger partial charge in [0.15, 0.2) is 0 Å². The Bertz CT molecular complexity index is 917. The molecule has 0 atom stereocenters. The SMILES string of the molecule is COc1ccc(C(=O)Nc2ccccc2C(=O)N2CCC(CN3CCOCC3)CC2)cc1. The molecule has 170 valence electrons. The largest absolute Gasteiger partial charge is 0.497 e. The van der Waals surface area contributed by atoms with E-state index >= 15 is 0 Å². The molecule has 2 aromatic carbocycles. The lowest BCUT2D eigenvalue weighted by Gasteiger charge is -2.36. The Hall–Kier alpha value is -2.90. The first-order chi connectivity index (χ1) is 15.6. The number of nitrogens with zero attached hydrogens (tertiary/aromatic N) is 2. The van der Waals surface area contributed by atoms with Gasteiger partial charge in [-0.2, -0.15) is 0 Å². The molecule has 2 fully saturated rings. The van der Waals surface area contributed by atoms with Gasteiger partial charge in [0.2, 0.25) is 0 Å². The van der Waals surface area contributed by atoms with Crippen molar-refractivity contribution in [1.82, 2.24) is 9.80 Å². The molecule has 4 rings (SSSR count). The van der Waals surface area contributed by atoms with Gasteiger partial charge < -0.3 is 19.7 Å². The van der Waals surface area contributed by atoms with Crippen molar-refractivity contribution in [2.75, 3.05) is 58.4 Å². The van der Waals surface area contributed by atoms with E-state index in [1.165, 1.54) is 0 Å². The number of anilines is 1. The topological polar surface area (TPSA) is 71.1 Å². The molecule has 0 radical (unpaired) electrons. The highest BCUT2D eigenvalue weighted by Gasteiger charge is 2.27. The minimum atomic E-state index is -0.253. The molecule has 2 aliphatic rings. The maximum Gasteiger partial charge on any atom is 0.255 e. The van der Waals surface area contributed by atoms with Crippen molar-refractivity contribution in [1.29, 1.82) is 0 Å². The van der Waals surface area contributed by atoms with Gasteiger partial charge in [0.05, 0.1) is 31.6 Å². The molecule has 2 aliphatic heterocycles. The van der Waals surface area contributed by atoms with Crippen molar-refractivity contribution in [3.63, 3.8) is 0 Å². The monoisotopic (exact) mass is 437 g/mol. The van der Waals surface area contributed by atoms with Gasteiger partial charge in [-0.25, -0.2) is 0 Å². The first-order valence-corrected chi connectivity index (χ1v) is 11.3. The van der Waals surface area contributed by atoms with E-state index in [9.17, 15) is 9.59 Å². The van der Waals surface area contributed by atoms with Gasteiger partial charge in [-0.3, -0.25) is 14.5 Å². The van der Waals surface area contributed by atoms with Crippen LogP contribution in [-0.4, -0.2) is 74.7 Å². The van der Waals surface area contributed by atoms with Gasteiger partial charge in [0, 0.05) is 38.3 Å². The van der Waals surface area contributed by atoms with Crippen molar-refractivity contribution in [2.24, 2.45) is 5.92 Å². The van der Waals surface area contributed by atoms with Gasteiger partial charge in [0.25, 0.3) is 11.8 Å². The minimum Gasteiger partial charge on any atom is -0.497 e. The van der Waals surface area contributed by atoms with E-state index in [0.29, 0.717) is 28.5 Å². The fraction of sp³-hybridized carbons (Fsp3) is 0.440. The van der Waals surface area contributed by atoms with E-state index in [4.69, 9.17) is 9.47 Å². The standard InChI is InChI=1S/C25H31N3O4/c1-31-21-8-6-20(7-9-21)24(29)26-23-5-3-2-4-22(23)25(30)28-12-10-19(11-13-28)18-27-14-16-32-17-15-27/h2-9,19H,10-18H2,1H3,(H,26,29). The smallest absolute Gasteiger partial charge is 0.255 e. The van der Waals surface area contributed by atoms with Crippen molar-refractivity contribution in [3.8, 4) is 5.75 Å². The Labute approximate surface area is 189 Å². The summed E-state index contributed by atoms with van der Waals surface area (Å²) in [6.07, 6.45) is 2.01. The van der Waals surface area contributed by atoms with Gasteiger partial charge in [-0.15, -0.1) is 0 Å². The summed E-state index contributed by atoms with van der Waals surface area (Å²) in [5, 5.41) is 2.90. The van der Waals surface area contributed by atoms with Gasteiger partial charge in [0.1, 0.15) is 5.75 Å². The third-order valence-electron chi connectivity index (χ3n) is 6.28. The second-order valence-corrected chi connectivity index (χ2v) is 8.38. The molecule has 0 spiro atoms. The summed E-state index contributed by atoms with van der Waals surface area (Å²) in [4.78, 5) is 30.3. The fourth-order valence-electron chi connectivity index (χ4n) is 4.35. The summed E-state index contributed by atoms with van der Waals surface area (Å²) in [5.41, 5.74) is 1.58. The molecule has 0 saturated carbocycles. The third-order valence-corrected chi connectivity index (χ3v) is 6.28. The summed E-state index contributed by atoms with van der Waals surface area (Å²) in [6, 6.07) is 14.1. The molecule has 1 N–H and O–H groups in total. The van der Waals surface area contributed by atoms with Crippen LogP contribution in [0, 0.1) is 5.92 Å². The van der Waals surface area contributed by atoms with Crippen molar-refractivity contribution < 1.29 is 19.1 Å². The molecule has 7 heteroatoms. The normalized spacial score (nSPS) is 17.7. The quantitative estimate of drug-likeness (QED) is 0.752. The number of carbonyl (C=O) groups is 2. The highest BCUT2D eigenvalue weighted by Crippen LogP contribution is 2.24. The predicted molar refractivity (Wildman–Crippen MR) is 123 cm³/mol. The molecule has 2 saturated heterocycles. The predicted octanol–water partition coefficient (Wildman–Crippen LogP) is 3.13. The Morgan fingerprint density at radius 3 is 2.38 bits per heavy atom. The summed E-state index contributed by atoms with van der Waals surface area (Å²) in [6.45, 7) is 6.21. The van der Waals surface area contributed by atoms with Crippen LogP contribution in [0.1, 0.15) is 33.6 Å². The van der Waals surface area contributed by atoms with Gasteiger partial charge in [-0.1, -0.05) is 12.1 Å². The van der Waals surface area contributed by atoms with Crippen molar-refractivity contribution in [3.05, 3.63) is 59.7 Å². The van der Waals surface area contributed by atoms with E-state index in [0.717, 1.165) is 58.8 Å². The minimum absolute atomic E-state index is 0.0274. The van der Waals surface area contributed by atoms with Crippen LogP contribution in [0.25, 0.3) is 0 Å². The van der Waals surface area contributed by atoms with Crippen LogP contribution < -0.4 is 10.1 Å². The average Bonchev–Trinajstić information content (AvgIpc) is 2.85. The van der Waals surface area contributed by atoms with Crippen LogP contribution in [0.5, 0.6) is 5.75 Å². The van der Waals surface area contributed by atoms with Crippen LogP contribution in [-0.2, 0) is 4.74 Å². The van der Waals surface area contributed by atoms with E-state index in [1.807, 2.05) is 17.0 Å². The lowest BCUT2D eigenvalue weighted by atomic mass is 9.95. The molecule has 7 nitrogen and oxygen atoms in total. The van der Waals surface area contributed by atoms with Gasteiger partial charge >= 0.3 is 0 Å². The number of hydrogen-bond acceptors (Lipinski definition) is 5. The third kappa shape index (κ3) is 5.47. The fourth-order valence-corrected chi connectivity index (χ4v) is 4.35. The van der Waals surface area contributed by atoms with E-state index in [2.05, 4.69) is 10.2 Å². The number of nitrogens with one attached hydrogen (secondary N) is 1. The summed E-state index contributed by atoms with van der Waals surface area (Å²) < 4.78 is 10.6. The van der Waals surface area contributed by atoms with Crippen LogP contribution >= 0.6 is 0 Å². The number of amides is 2. The van der Waals surface area contributed by atoms with Crippen molar-refractivity contribution in [2.45, 2.75) is 12.8 Å². The lowest BCUT2D eigenvalue weighted by Crippen LogP contribution is -2.44. The second kappa shape index (κ2) is 10.6. The van der Waals surface area contributed by atoms with Crippen LogP contribution in [0.2, 0.25) is 0 Å². The molecule has 2 heterocycles. The number of ether oxygens (including phenoxy) is 2. The maximum atomic E-state index is 13.2. The summed E-state index contributed by atoms with van der Waals surface area (Å²) in [7, 11) is 1.59. The Balaban J connectivity index is 1.36. The lowest BCUT2D eigenvalue weighted by molar-refractivity contribution is 0.0243. The summed E-state index contributed by atoms with van der Waals surface area (Å²) in [5.74, 6) is 1.02. The average molecular weight is 438 g/mol. The maximum absolute atomic E-state index is 13.2. The number of piperidine rings is 1. The molecular weight excluding hydrogens is 406 g/mol. The molecule has 2 amide bonds. The van der Waals surface area contributed by atoms with E-state index in [1.54, 1.807) is 43.5 Å². The van der Waals surface area contributed by atoms with E-state index < -0.39 is 0 Å². The number of methoxy groups -OCH3 is 1. The zero-order valence-electron chi connectivity index (χ0n) is 18.6. The number of rotatable bonds is 6. The number of para-hydroxylation sites is 1. The van der Waals surface area contributed by atoms with Crippen LogP contribution in [0.15, 0.2) is 48.5 Å². The van der Waals surface area contributed by atoms with Crippen molar-refractivity contribution >= 4 is 17.5 Å². The number of likely N-dealkylation sites (tertiary alicyclic amines) is 1. The van der Waals surface area contributed by atoms with Gasteiger partial charge in [-0.05, 0) is 55.2 Å². The molecule has 0 aliphatic carbocycles. The summed E-state index contributed by atoms with van der Waals surface area (Å²) >= 11 is 0. The van der Waals surface area contributed by atoms with Crippen LogP contribution in [0.4, 0.5) is 5.69 Å². The molecular formula is C25H31N3O4. The molecule has 0 unspecified atom stereocenters. The zero-order chi connectivity index (χ0) is 22.3. The Morgan fingerprint density at radius 1 is 1.00 bits per heavy atom. The number of carbonyl (C=O) groups excluding carboxylic acids is 2. The first kappa shape index (κ1) is 22.3. The first-order valence-electron chi connectivity index (χ1n) is 11.3. The highest BCUT2D eigenvalue weighted by molar-refractivity contribution is 6.09. The van der Waals surface area contributed by atoms with E-state index in [-0.39, 0.29) is 11.8 Å². The Morgan fingerprint density at radius 2 is 1.69 bits per heavy atom. The molecule has 0 bridgehead atoms. The number of benzene rings is 2. The van der Waals surface area contributed by atoms with Crippen LogP contribution in [0.3, 0.4) is 0 Å². The number of morpholine rings is 1.